The highest BCUT2D eigenvalue weighted by Gasteiger charge is 2.36. The summed E-state index contributed by atoms with van der Waals surface area (Å²) in [6.45, 7) is 1.98. The van der Waals surface area contributed by atoms with Crippen molar-refractivity contribution < 1.29 is 4.79 Å². The number of carbonyl (C=O) groups is 1. The van der Waals surface area contributed by atoms with Crippen molar-refractivity contribution in [3.63, 3.8) is 0 Å². The van der Waals surface area contributed by atoms with E-state index in [0.29, 0.717) is 0 Å². The van der Waals surface area contributed by atoms with E-state index >= 15 is 0 Å². The fourth-order valence-corrected chi connectivity index (χ4v) is 2.57. The number of hydrogen-bond acceptors (Lipinski definition) is 2. The molecular weight excluding hydrogens is 176 g/mol. The molecule has 0 spiro atoms. The van der Waals surface area contributed by atoms with Crippen LogP contribution in [0.25, 0.3) is 0 Å². The number of hydrazine groups is 1. The second-order valence-corrected chi connectivity index (χ2v) is 4.08. The molecule has 3 nitrogen and oxygen atoms in total. The average Bonchev–Trinajstić information content (AvgIpc) is 2.43. The van der Waals surface area contributed by atoms with Gasteiger partial charge in [0.2, 0.25) is 0 Å². The second-order valence-electron chi connectivity index (χ2n) is 3.74. The number of fused-ring (bicyclic) bond motifs is 1. The molecule has 1 N–H and O–H groups in total. The molecule has 1 heterocycles. The Labute approximate surface area is 77.0 Å². The van der Waals surface area contributed by atoms with Crippen molar-refractivity contribution in [2.45, 2.75) is 19.3 Å². The third kappa shape index (κ3) is 1.57. The highest BCUT2D eigenvalue weighted by Crippen LogP contribution is 2.36. The van der Waals surface area contributed by atoms with E-state index in [0.717, 1.165) is 24.9 Å². The normalized spacial score (nSPS) is 35.1. The first kappa shape index (κ1) is 8.32. The highest BCUT2D eigenvalue weighted by molar-refractivity contribution is 6.62. The third-order valence-electron chi connectivity index (χ3n) is 2.97. The molecule has 2 aliphatic rings. The van der Waals surface area contributed by atoms with E-state index in [4.69, 9.17) is 11.6 Å². The molecule has 1 amide bonds. The number of hydrogen-bond donors (Lipinski definition) is 1. The van der Waals surface area contributed by atoms with Gasteiger partial charge in [0.05, 0.1) is 0 Å². The molecule has 4 heteroatoms. The maximum absolute atomic E-state index is 10.5. The predicted molar refractivity (Wildman–Crippen MR) is 46.8 cm³/mol. The van der Waals surface area contributed by atoms with Gasteiger partial charge in [-0.1, -0.05) is 6.42 Å². The van der Waals surface area contributed by atoms with Crippen LogP contribution in [0.3, 0.4) is 0 Å². The van der Waals surface area contributed by atoms with Gasteiger partial charge in [-0.15, -0.1) is 0 Å². The van der Waals surface area contributed by atoms with Gasteiger partial charge >= 0.3 is 5.37 Å². The first-order valence-electron chi connectivity index (χ1n) is 4.47. The Kier molecular flexibility index (Phi) is 2.24. The molecule has 68 valence electrons. The minimum atomic E-state index is -0.463. The second kappa shape index (κ2) is 3.23. The number of nitrogens with zero attached hydrogens (tertiary/aromatic N) is 1. The number of carbonyl (C=O) groups excluding carboxylic acids is 1. The van der Waals surface area contributed by atoms with Crippen LogP contribution in [0.5, 0.6) is 0 Å². The molecular formula is C8H13ClN2O. The van der Waals surface area contributed by atoms with E-state index in [1.807, 2.05) is 5.01 Å². The fraction of sp³-hybridized carbons (Fsp3) is 0.875. The lowest BCUT2D eigenvalue weighted by molar-refractivity contribution is 0.209. The summed E-state index contributed by atoms with van der Waals surface area (Å²) >= 11 is 5.22. The molecule has 12 heavy (non-hydrogen) atoms. The number of halogens is 1. The molecule has 0 radical (unpaired) electrons. The van der Waals surface area contributed by atoms with Crippen molar-refractivity contribution in [3.05, 3.63) is 0 Å². The summed E-state index contributed by atoms with van der Waals surface area (Å²) in [6.07, 6.45) is 4.00. The first-order chi connectivity index (χ1) is 5.75. The molecule has 1 saturated carbocycles. The van der Waals surface area contributed by atoms with E-state index in [2.05, 4.69) is 5.43 Å². The standard InChI is InChI=1S/C8H13ClN2O/c9-8(12)10-11-4-6-2-1-3-7(6)5-11/h6-7H,1-5H2,(H,10,12). The Bertz CT molecular complexity index is 185. The van der Waals surface area contributed by atoms with Gasteiger partial charge in [0.25, 0.3) is 0 Å². The van der Waals surface area contributed by atoms with Crippen LogP contribution in [0.15, 0.2) is 0 Å². The number of rotatable bonds is 1. The topological polar surface area (TPSA) is 32.3 Å². The Morgan fingerprint density at radius 3 is 2.42 bits per heavy atom. The van der Waals surface area contributed by atoms with Crippen LogP contribution >= 0.6 is 11.6 Å². The van der Waals surface area contributed by atoms with Crippen LogP contribution in [0.4, 0.5) is 4.79 Å². The van der Waals surface area contributed by atoms with E-state index < -0.39 is 5.37 Å². The van der Waals surface area contributed by atoms with Crippen LogP contribution in [0, 0.1) is 11.8 Å². The van der Waals surface area contributed by atoms with Gasteiger partial charge in [-0.2, -0.15) is 0 Å². The Morgan fingerprint density at radius 1 is 1.33 bits per heavy atom. The average molecular weight is 189 g/mol. The van der Waals surface area contributed by atoms with Gasteiger partial charge in [0.1, 0.15) is 0 Å². The molecule has 0 aromatic heterocycles. The van der Waals surface area contributed by atoms with E-state index in [9.17, 15) is 4.79 Å². The smallest absolute Gasteiger partial charge is 0.275 e. The molecule has 2 atom stereocenters. The summed E-state index contributed by atoms with van der Waals surface area (Å²) in [7, 11) is 0. The van der Waals surface area contributed by atoms with Crippen molar-refractivity contribution in [1.82, 2.24) is 10.4 Å². The van der Waals surface area contributed by atoms with E-state index in [-0.39, 0.29) is 0 Å². The molecule has 1 aliphatic carbocycles. The number of nitrogens with one attached hydrogen (secondary N) is 1. The van der Waals surface area contributed by atoms with Crippen molar-refractivity contribution in [3.8, 4) is 0 Å². The molecule has 0 aromatic rings. The maximum atomic E-state index is 10.5. The minimum absolute atomic E-state index is 0.463. The Hall–Kier alpha value is -0.280. The molecule has 2 fully saturated rings. The zero-order valence-electron chi connectivity index (χ0n) is 6.92. The largest absolute Gasteiger partial charge is 0.328 e. The summed E-state index contributed by atoms with van der Waals surface area (Å²) in [4.78, 5) is 10.5. The zero-order valence-corrected chi connectivity index (χ0v) is 7.68. The molecule has 0 aromatic carbocycles. The SMILES string of the molecule is O=C(Cl)NN1CC2CCCC2C1. The molecule has 1 saturated heterocycles. The third-order valence-corrected chi connectivity index (χ3v) is 3.06. The van der Waals surface area contributed by atoms with E-state index in [1.165, 1.54) is 19.3 Å². The van der Waals surface area contributed by atoms with E-state index in [1.54, 1.807) is 0 Å². The fourth-order valence-electron chi connectivity index (χ4n) is 2.45. The van der Waals surface area contributed by atoms with Crippen LogP contribution in [-0.2, 0) is 0 Å². The highest BCUT2D eigenvalue weighted by atomic mass is 35.5. The first-order valence-corrected chi connectivity index (χ1v) is 4.84. The van der Waals surface area contributed by atoms with Gasteiger partial charge in [-0.05, 0) is 36.3 Å². The lowest BCUT2D eigenvalue weighted by Crippen LogP contribution is -2.38. The van der Waals surface area contributed by atoms with Crippen molar-refractivity contribution >= 4 is 17.0 Å². The summed E-state index contributed by atoms with van der Waals surface area (Å²) < 4.78 is 0. The van der Waals surface area contributed by atoms with Crippen LogP contribution in [0.1, 0.15) is 19.3 Å². The maximum Gasteiger partial charge on any atom is 0.328 e. The van der Waals surface area contributed by atoms with Crippen LogP contribution < -0.4 is 5.43 Å². The van der Waals surface area contributed by atoms with Crippen molar-refractivity contribution in [2.75, 3.05) is 13.1 Å². The molecule has 2 rings (SSSR count). The lowest BCUT2D eigenvalue weighted by atomic mass is 10.0. The summed E-state index contributed by atoms with van der Waals surface area (Å²) in [5, 5.41) is 1.49. The van der Waals surface area contributed by atoms with Gasteiger partial charge < -0.3 is 0 Å². The summed E-state index contributed by atoms with van der Waals surface area (Å²) in [5.41, 5.74) is 2.63. The van der Waals surface area contributed by atoms with Gasteiger partial charge in [-0.25, -0.2) is 5.01 Å². The van der Waals surface area contributed by atoms with Crippen LogP contribution in [0.2, 0.25) is 0 Å². The van der Waals surface area contributed by atoms with Gasteiger partial charge in [0.15, 0.2) is 0 Å². The Balaban J connectivity index is 1.86. The monoisotopic (exact) mass is 188 g/mol. The molecule has 2 unspecified atom stereocenters. The summed E-state index contributed by atoms with van der Waals surface area (Å²) in [5.74, 6) is 1.60. The van der Waals surface area contributed by atoms with Gasteiger partial charge in [0, 0.05) is 13.1 Å². The van der Waals surface area contributed by atoms with Crippen molar-refractivity contribution in [2.24, 2.45) is 11.8 Å². The summed E-state index contributed by atoms with van der Waals surface area (Å²) in [6, 6.07) is 0. The van der Waals surface area contributed by atoms with Crippen molar-refractivity contribution in [1.29, 1.82) is 0 Å². The van der Waals surface area contributed by atoms with Gasteiger partial charge in [-0.3, -0.25) is 10.2 Å². The minimum Gasteiger partial charge on any atom is -0.275 e. The quantitative estimate of drug-likeness (QED) is 0.501. The number of amides is 1. The lowest BCUT2D eigenvalue weighted by Gasteiger charge is -2.15. The predicted octanol–water partition coefficient (Wildman–Crippen LogP) is 1.58. The molecule has 0 bridgehead atoms. The van der Waals surface area contributed by atoms with Crippen LogP contribution in [-0.4, -0.2) is 23.5 Å². The molecule has 1 aliphatic heterocycles. The Morgan fingerprint density at radius 2 is 1.92 bits per heavy atom. The zero-order chi connectivity index (χ0) is 8.55.